The first kappa shape index (κ1) is 19.4. The van der Waals surface area contributed by atoms with Gasteiger partial charge in [-0.2, -0.15) is 4.98 Å². The van der Waals surface area contributed by atoms with Crippen molar-refractivity contribution in [2.24, 2.45) is 11.6 Å². The molecule has 0 fully saturated rings. The van der Waals surface area contributed by atoms with Gasteiger partial charge in [0, 0.05) is 23.5 Å². The molecule has 0 saturated carbocycles. The quantitative estimate of drug-likeness (QED) is 0.287. The molecular weight excluding hydrogens is 411 g/mol. The molecule has 0 radical (unpaired) electrons. The highest BCUT2D eigenvalue weighted by atomic mass is 19.1. The summed E-state index contributed by atoms with van der Waals surface area (Å²) in [4.78, 5) is 15.7. The Morgan fingerprint density at radius 1 is 1.06 bits per heavy atom. The average molecular weight is 428 g/mol. The number of fused-ring (bicyclic) bond motifs is 1. The first-order chi connectivity index (χ1) is 15.6. The van der Waals surface area contributed by atoms with E-state index in [9.17, 15) is 4.39 Å². The van der Waals surface area contributed by atoms with E-state index in [0.29, 0.717) is 17.0 Å². The standard InChI is InChI=1S/C22H17FN8O/c23-15-3-1-2-4-18(15)31(25)20(13-7-9-26-10-8-13)19(24)22-29-21(30-32-22)14-5-6-16-17(11-14)28-12-27-16/h1-12H,24-25H2,(H,27,28)/b20-19-. The summed E-state index contributed by atoms with van der Waals surface area (Å²) in [5.74, 6) is 6.19. The fourth-order valence-corrected chi connectivity index (χ4v) is 3.33. The number of nitrogens with zero attached hydrogens (tertiary/aromatic N) is 5. The zero-order valence-corrected chi connectivity index (χ0v) is 16.6. The molecule has 5 rings (SSSR count). The Labute approximate surface area is 181 Å². The van der Waals surface area contributed by atoms with Gasteiger partial charge >= 0.3 is 0 Å². The van der Waals surface area contributed by atoms with E-state index < -0.39 is 5.82 Å². The Balaban J connectivity index is 1.61. The van der Waals surface area contributed by atoms with Crippen molar-refractivity contribution in [3.8, 4) is 11.4 Å². The molecule has 158 valence electrons. The minimum Gasteiger partial charge on any atom is -0.392 e. The summed E-state index contributed by atoms with van der Waals surface area (Å²) in [5.41, 5.74) is 9.90. The molecule has 0 amide bonds. The van der Waals surface area contributed by atoms with Crippen molar-refractivity contribution in [1.82, 2.24) is 25.1 Å². The van der Waals surface area contributed by atoms with Gasteiger partial charge in [-0.3, -0.25) is 9.99 Å². The van der Waals surface area contributed by atoms with E-state index in [1.165, 1.54) is 6.07 Å². The van der Waals surface area contributed by atoms with E-state index in [1.807, 2.05) is 18.2 Å². The van der Waals surface area contributed by atoms with Gasteiger partial charge < -0.3 is 15.2 Å². The van der Waals surface area contributed by atoms with Crippen LogP contribution in [0.15, 0.2) is 77.8 Å². The fraction of sp³-hybridized carbons (Fsp3) is 0. The lowest BCUT2D eigenvalue weighted by molar-refractivity contribution is 0.408. The van der Waals surface area contributed by atoms with E-state index in [1.54, 1.807) is 49.1 Å². The second-order valence-corrected chi connectivity index (χ2v) is 6.88. The molecule has 0 aliphatic rings. The van der Waals surface area contributed by atoms with Crippen LogP contribution in [0.5, 0.6) is 0 Å². The van der Waals surface area contributed by atoms with Crippen molar-refractivity contribution < 1.29 is 8.91 Å². The molecule has 5 N–H and O–H groups in total. The third kappa shape index (κ3) is 3.44. The summed E-state index contributed by atoms with van der Waals surface area (Å²) in [6, 6.07) is 15.0. The Morgan fingerprint density at radius 2 is 1.88 bits per heavy atom. The molecule has 0 saturated heterocycles. The number of para-hydroxylation sites is 1. The third-order valence-electron chi connectivity index (χ3n) is 4.90. The number of H-pyrrole nitrogens is 1. The van der Waals surface area contributed by atoms with Crippen LogP contribution in [-0.4, -0.2) is 25.1 Å². The molecule has 0 aliphatic heterocycles. The van der Waals surface area contributed by atoms with E-state index in [0.717, 1.165) is 16.0 Å². The zero-order valence-electron chi connectivity index (χ0n) is 16.6. The second kappa shape index (κ2) is 7.93. The van der Waals surface area contributed by atoms with Gasteiger partial charge in [0.1, 0.15) is 11.5 Å². The van der Waals surface area contributed by atoms with Crippen LogP contribution in [0.25, 0.3) is 33.8 Å². The first-order valence-corrected chi connectivity index (χ1v) is 9.59. The Morgan fingerprint density at radius 3 is 2.69 bits per heavy atom. The number of benzene rings is 2. The number of nitrogens with two attached hydrogens (primary N) is 2. The van der Waals surface area contributed by atoms with Crippen LogP contribution in [-0.2, 0) is 0 Å². The average Bonchev–Trinajstić information content (AvgIpc) is 3.49. The maximum absolute atomic E-state index is 14.5. The number of pyridine rings is 1. The van der Waals surface area contributed by atoms with Crippen LogP contribution < -0.4 is 16.6 Å². The van der Waals surface area contributed by atoms with E-state index >= 15 is 0 Å². The van der Waals surface area contributed by atoms with Crippen molar-refractivity contribution in [2.75, 3.05) is 5.01 Å². The lowest BCUT2D eigenvalue weighted by atomic mass is 10.1. The van der Waals surface area contributed by atoms with Gasteiger partial charge in [0.25, 0.3) is 5.89 Å². The van der Waals surface area contributed by atoms with E-state index in [2.05, 4.69) is 25.1 Å². The minimum absolute atomic E-state index is 0.0447. The molecule has 0 aliphatic carbocycles. The number of imidazole rings is 1. The molecule has 10 heteroatoms. The summed E-state index contributed by atoms with van der Waals surface area (Å²) in [6.07, 6.45) is 4.77. The van der Waals surface area contributed by atoms with Gasteiger partial charge in [-0.1, -0.05) is 17.3 Å². The summed E-state index contributed by atoms with van der Waals surface area (Å²) >= 11 is 0. The Bertz CT molecular complexity index is 1430. The lowest BCUT2D eigenvalue weighted by Gasteiger charge is -2.23. The van der Waals surface area contributed by atoms with Crippen LogP contribution in [0.4, 0.5) is 10.1 Å². The number of nitrogens with one attached hydrogen (secondary N) is 1. The monoisotopic (exact) mass is 428 g/mol. The molecule has 5 aromatic rings. The summed E-state index contributed by atoms with van der Waals surface area (Å²) in [7, 11) is 0. The van der Waals surface area contributed by atoms with Gasteiger partial charge in [0.05, 0.1) is 28.7 Å². The van der Waals surface area contributed by atoms with Crippen LogP contribution >= 0.6 is 0 Å². The van der Waals surface area contributed by atoms with E-state index in [-0.39, 0.29) is 23.0 Å². The number of hydrogen-bond acceptors (Lipinski definition) is 8. The van der Waals surface area contributed by atoms with Crippen molar-refractivity contribution >= 4 is 28.1 Å². The van der Waals surface area contributed by atoms with Gasteiger partial charge in [-0.05, 0) is 42.5 Å². The number of hydrazine groups is 1. The number of anilines is 1. The molecule has 3 heterocycles. The SMILES string of the molecule is N/C(=C(/c1ccncc1)N(N)c1ccccc1F)c1nc(-c2ccc3nc[nH]c3c2)no1. The molecule has 0 unspecified atom stereocenters. The minimum atomic E-state index is -0.506. The van der Waals surface area contributed by atoms with Gasteiger partial charge in [-0.25, -0.2) is 15.2 Å². The van der Waals surface area contributed by atoms with Gasteiger partial charge in [-0.15, -0.1) is 0 Å². The van der Waals surface area contributed by atoms with Crippen molar-refractivity contribution in [3.05, 3.63) is 90.6 Å². The molecule has 2 aromatic carbocycles. The van der Waals surface area contributed by atoms with Crippen LogP contribution in [0, 0.1) is 5.82 Å². The lowest BCUT2D eigenvalue weighted by Crippen LogP contribution is -2.32. The predicted molar refractivity (Wildman–Crippen MR) is 118 cm³/mol. The largest absolute Gasteiger partial charge is 0.392 e. The van der Waals surface area contributed by atoms with Crippen LogP contribution in [0.1, 0.15) is 11.5 Å². The Hall–Kier alpha value is -4.57. The molecule has 32 heavy (non-hydrogen) atoms. The molecule has 0 bridgehead atoms. The molecule has 0 spiro atoms. The molecular formula is C22H17FN8O. The summed E-state index contributed by atoms with van der Waals surface area (Å²) in [5, 5.41) is 5.20. The molecule has 9 nitrogen and oxygen atoms in total. The number of rotatable bonds is 5. The van der Waals surface area contributed by atoms with Gasteiger partial charge in [0.15, 0.2) is 0 Å². The maximum atomic E-state index is 14.5. The predicted octanol–water partition coefficient (Wildman–Crippen LogP) is 3.31. The highest BCUT2D eigenvalue weighted by Gasteiger charge is 2.22. The first-order valence-electron chi connectivity index (χ1n) is 9.59. The third-order valence-corrected chi connectivity index (χ3v) is 4.90. The van der Waals surface area contributed by atoms with Crippen molar-refractivity contribution in [1.29, 1.82) is 0 Å². The normalized spacial score (nSPS) is 12.1. The molecule has 3 aromatic heterocycles. The number of aromatic amines is 1. The highest BCUT2D eigenvalue weighted by Crippen LogP contribution is 2.30. The van der Waals surface area contributed by atoms with Crippen LogP contribution in [0.3, 0.4) is 0 Å². The summed E-state index contributed by atoms with van der Waals surface area (Å²) in [6.45, 7) is 0. The summed E-state index contributed by atoms with van der Waals surface area (Å²) < 4.78 is 19.9. The zero-order chi connectivity index (χ0) is 22.1. The van der Waals surface area contributed by atoms with Gasteiger partial charge in [0.2, 0.25) is 5.82 Å². The Kier molecular flexibility index (Phi) is 4.81. The number of halogens is 1. The number of aromatic nitrogens is 5. The fourth-order valence-electron chi connectivity index (χ4n) is 3.33. The van der Waals surface area contributed by atoms with Crippen LogP contribution in [0.2, 0.25) is 0 Å². The maximum Gasteiger partial charge on any atom is 0.276 e. The highest BCUT2D eigenvalue weighted by molar-refractivity contribution is 5.93. The van der Waals surface area contributed by atoms with E-state index in [4.69, 9.17) is 16.1 Å². The second-order valence-electron chi connectivity index (χ2n) is 6.88. The van der Waals surface area contributed by atoms with Crippen molar-refractivity contribution in [3.63, 3.8) is 0 Å². The van der Waals surface area contributed by atoms with Crippen molar-refractivity contribution in [2.45, 2.75) is 0 Å². The topological polar surface area (TPSA) is 136 Å². The smallest absolute Gasteiger partial charge is 0.276 e. The number of hydrogen-bond donors (Lipinski definition) is 3. The molecule has 0 atom stereocenters.